The van der Waals surface area contributed by atoms with Crippen LogP contribution in [0.25, 0.3) is 0 Å². The zero-order valence-corrected chi connectivity index (χ0v) is 11.5. The Morgan fingerprint density at radius 3 is 3.11 bits per heavy atom. The highest BCUT2D eigenvalue weighted by Crippen LogP contribution is 2.24. The summed E-state index contributed by atoms with van der Waals surface area (Å²) >= 11 is 1.36. The zero-order chi connectivity index (χ0) is 13.2. The van der Waals surface area contributed by atoms with Crippen molar-refractivity contribution >= 4 is 22.4 Å². The first-order valence-corrected chi connectivity index (χ1v) is 6.96. The van der Waals surface area contributed by atoms with Gasteiger partial charge in [-0.1, -0.05) is 0 Å². The number of hydrogen-bond donors (Lipinski definition) is 2. The second-order valence-corrected chi connectivity index (χ2v) is 6.11. The van der Waals surface area contributed by atoms with Gasteiger partial charge in [0.2, 0.25) is 5.91 Å². The summed E-state index contributed by atoms with van der Waals surface area (Å²) in [5, 5.41) is 5.36. The first kappa shape index (κ1) is 13.3. The fourth-order valence-electron chi connectivity index (χ4n) is 2.20. The molecule has 0 bridgehead atoms. The van der Waals surface area contributed by atoms with Crippen LogP contribution >= 0.6 is 11.3 Å². The van der Waals surface area contributed by atoms with E-state index < -0.39 is 0 Å². The van der Waals surface area contributed by atoms with Gasteiger partial charge in [0.1, 0.15) is 0 Å². The molecule has 100 valence electrons. The second-order valence-electron chi connectivity index (χ2n) is 5.22. The number of thiazole rings is 1. The molecule has 0 aliphatic carbocycles. The lowest BCUT2D eigenvalue weighted by Gasteiger charge is -2.35. The summed E-state index contributed by atoms with van der Waals surface area (Å²) in [4.78, 5) is 16.0. The lowest BCUT2D eigenvalue weighted by atomic mass is 9.94. The van der Waals surface area contributed by atoms with Gasteiger partial charge in [-0.05, 0) is 26.7 Å². The van der Waals surface area contributed by atoms with E-state index in [1.54, 1.807) is 0 Å². The van der Waals surface area contributed by atoms with E-state index in [4.69, 9.17) is 10.5 Å². The molecule has 3 N–H and O–H groups in total. The van der Waals surface area contributed by atoms with E-state index in [9.17, 15) is 4.79 Å². The van der Waals surface area contributed by atoms with Crippen LogP contribution in [0.5, 0.6) is 0 Å². The first-order valence-electron chi connectivity index (χ1n) is 6.08. The molecular formula is C12H19N3O2S. The van der Waals surface area contributed by atoms with Gasteiger partial charge in [-0.25, -0.2) is 4.98 Å². The highest BCUT2D eigenvalue weighted by Gasteiger charge is 2.29. The second kappa shape index (κ2) is 5.24. The van der Waals surface area contributed by atoms with Crippen molar-refractivity contribution in [1.29, 1.82) is 0 Å². The van der Waals surface area contributed by atoms with Crippen molar-refractivity contribution in [2.75, 3.05) is 12.3 Å². The number of ether oxygens (including phenoxy) is 1. The third kappa shape index (κ3) is 3.68. The molecule has 0 spiro atoms. The van der Waals surface area contributed by atoms with Gasteiger partial charge in [0.15, 0.2) is 5.13 Å². The predicted octanol–water partition coefficient (Wildman–Crippen LogP) is 1.34. The number of carbonyl (C=O) groups excluding carboxylic acids is 1. The van der Waals surface area contributed by atoms with E-state index in [-0.39, 0.29) is 17.6 Å². The maximum Gasteiger partial charge on any atom is 0.226 e. The average molecular weight is 269 g/mol. The Kier molecular flexibility index (Phi) is 3.87. The third-order valence-electron chi connectivity index (χ3n) is 2.97. The van der Waals surface area contributed by atoms with E-state index in [1.807, 2.05) is 19.2 Å². The lowest BCUT2D eigenvalue weighted by molar-refractivity contribution is -0.123. The molecule has 2 rings (SSSR count). The molecule has 1 aromatic rings. The summed E-state index contributed by atoms with van der Waals surface area (Å²) in [5.74, 6) is 0.00278. The number of nitrogens with one attached hydrogen (secondary N) is 1. The van der Waals surface area contributed by atoms with Crippen LogP contribution in [0.1, 0.15) is 32.4 Å². The Morgan fingerprint density at radius 1 is 1.72 bits per heavy atom. The number of aromatic nitrogens is 1. The molecule has 1 aliphatic heterocycles. The lowest BCUT2D eigenvalue weighted by Crippen LogP contribution is -2.46. The number of nitrogens with two attached hydrogens (primary N) is 1. The molecule has 0 saturated carbocycles. The standard InChI is InChI=1S/C12H19N3O2S/c1-12(2)6-8(3-4-17-12)14-10(16)5-9-7-18-11(13)15-9/h7-8H,3-6H2,1-2H3,(H2,13,15)(H,14,16). The van der Waals surface area contributed by atoms with E-state index in [0.29, 0.717) is 18.2 Å². The summed E-state index contributed by atoms with van der Waals surface area (Å²) in [7, 11) is 0. The Morgan fingerprint density at radius 2 is 2.50 bits per heavy atom. The van der Waals surface area contributed by atoms with Gasteiger partial charge in [-0.15, -0.1) is 11.3 Å². The van der Waals surface area contributed by atoms with E-state index in [2.05, 4.69) is 10.3 Å². The fraction of sp³-hybridized carbons (Fsp3) is 0.667. The van der Waals surface area contributed by atoms with Crippen molar-refractivity contribution in [2.24, 2.45) is 0 Å². The number of nitrogen functional groups attached to an aromatic ring is 1. The summed E-state index contributed by atoms with van der Waals surface area (Å²) < 4.78 is 5.62. The minimum atomic E-state index is -0.152. The molecule has 1 unspecified atom stereocenters. The highest BCUT2D eigenvalue weighted by atomic mass is 32.1. The van der Waals surface area contributed by atoms with Crippen molar-refractivity contribution in [3.05, 3.63) is 11.1 Å². The van der Waals surface area contributed by atoms with Gasteiger partial charge < -0.3 is 15.8 Å². The van der Waals surface area contributed by atoms with Gasteiger partial charge in [0.25, 0.3) is 0 Å². The maximum atomic E-state index is 11.9. The maximum absolute atomic E-state index is 11.9. The normalized spacial score (nSPS) is 22.7. The smallest absolute Gasteiger partial charge is 0.226 e. The average Bonchev–Trinajstić information content (AvgIpc) is 2.62. The molecule has 6 heteroatoms. The van der Waals surface area contributed by atoms with Gasteiger partial charge >= 0.3 is 0 Å². The van der Waals surface area contributed by atoms with Gasteiger partial charge in [0, 0.05) is 18.0 Å². The van der Waals surface area contributed by atoms with Gasteiger partial charge in [0.05, 0.1) is 17.7 Å². The Bertz CT molecular complexity index is 431. The summed E-state index contributed by atoms with van der Waals surface area (Å²) in [5.41, 5.74) is 6.12. The van der Waals surface area contributed by atoms with Crippen LogP contribution in [0.2, 0.25) is 0 Å². The minimum Gasteiger partial charge on any atom is -0.375 e. The molecule has 1 atom stereocenters. The molecule has 1 saturated heterocycles. The first-order chi connectivity index (χ1) is 8.44. The molecule has 0 radical (unpaired) electrons. The SMILES string of the molecule is CC1(C)CC(NC(=O)Cc2csc(N)n2)CCO1. The van der Waals surface area contributed by atoms with Crippen LogP contribution in [0, 0.1) is 0 Å². The summed E-state index contributed by atoms with van der Waals surface area (Å²) in [6.45, 7) is 4.79. The number of rotatable bonds is 3. The van der Waals surface area contributed by atoms with E-state index >= 15 is 0 Å². The third-order valence-corrected chi connectivity index (χ3v) is 3.70. The van der Waals surface area contributed by atoms with Crippen molar-refractivity contribution < 1.29 is 9.53 Å². The molecule has 1 aliphatic rings. The topological polar surface area (TPSA) is 77.2 Å². The van der Waals surface area contributed by atoms with Gasteiger partial charge in [-0.2, -0.15) is 0 Å². The minimum absolute atomic E-state index is 0.00278. The molecule has 1 amide bonds. The molecular weight excluding hydrogens is 250 g/mol. The summed E-state index contributed by atoms with van der Waals surface area (Å²) in [6, 6.07) is 0.192. The van der Waals surface area contributed by atoms with Crippen LogP contribution in [0.4, 0.5) is 5.13 Å². The van der Waals surface area contributed by atoms with E-state index in [0.717, 1.165) is 18.5 Å². The van der Waals surface area contributed by atoms with Crippen LogP contribution in [0.3, 0.4) is 0 Å². The Labute approximate surface area is 111 Å². The highest BCUT2D eigenvalue weighted by molar-refractivity contribution is 7.13. The fourth-order valence-corrected chi connectivity index (χ4v) is 2.76. The monoisotopic (exact) mass is 269 g/mol. The molecule has 5 nitrogen and oxygen atoms in total. The van der Waals surface area contributed by atoms with Crippen molar-refractivity contribution in [3.8, 4) is 0 Å². The molecule has 1 fully saturated rings. The van der Waals surface area contributed by atoms with Gasteiger partial charge in [-0.3, -0.25) is 4.79 Å². The number of amides is 1. The number of hydrogen-bond acceptors (Lipinski definition) is 5. The van der Waals surface area contributed by atoms with Crippen molar-refractivity contribution in [3.63, 3.8) is 0 Å². The summed E-state index contributed by atoms with van der Waals surface area (Å²) in [6.07, 6.45) is 2.01. The number of nitrogens with zero attached hydrogens (tertiary/aromatic N) is 1. The van der Waals surface area contributed by atoms with Crippen LogP contribution in [-0.2, 0) is 16.0 Å². The van der Waals surface area contributed by atoms with Crippen LogP contribution in [0.15, 0.2) is 5.38 Å². The quantitative estimate of drug-likeness (QED) is 0.868. The Balaban J connectivity index is 1.84. The van der Waals surface area contributed by atoms with Crippen molar-refractivity contribution in [2.45, 2.75) is 44.8 Å². The number of carbonyl (C=O) groups is 1. The van der Waals surface area contributed by atoms with Crippen LogP contribution in [-0.4, -0.2) is 29.1 Å². The molecule has 1 aromatic heterocycles. The largest absolute Gasteiger partial charge is 0.375 e. The Hall–Kier alpha value is -1.14. The predicted molar refractivity (Wildman–Crippen MR) is 71.4 cm³/mol. The molecule has 18 heavy (non-hydrogen) atoms. The van der Waals surface area contributed by atoms with Crippen molar-refractivity contribution in [1.82, 2.24) is 10.3 Å². The van der Waals surface area contributed by atoms with E-state index in [1.165, 1.54) is 11.3 Å². The van der Waals surface area contributed by atoms with Crippen LogP contribution < -0.4 is 11.1 Å². The zero-order valence-electron chi connectivity index (χ0n) is 10.7. The molecule has 0 aromatic carbocycles. The molecule has 2 heterocycles. The number of anilines is 1.